The van der Waals surface area contributed by atoms with Gasteiger partial charge in [0.15, 0.2) is 0 Å². The predicted molar refractivity (Wildman–Crippen MR) is 82.3 cm³/mol. The Balaban J connectivity index is 2.21. The van der Waals surface area contributed by atoms with Gasteiger partial charge in [-0.3, -0.25) is 4.90 Å². The van der Waals surface area contributed by atoms with Crippen LogP contribution < -0.4 is 5.73 Å². The van der Waals surface area contributed by atoms with E-state index >= 15 is 0 Å². The lowest BCUT2D eigenvalue weighted by atomic mass is 9.96. The van der Waals surface area contributed by atoms with E-state index in [1.165, 1.54) is 49.0 Å². The fourth-order valence-electron chi connectivity index (χ4n) is 3.20. The van der Waals surface area contributed by atoms with E-state index in [2.05, 4.69) is 43.9 Å². The number of hydrogen-bond acceptors (Lipinski definition) is 2. The summed E-state index contributed by atoms with van der Waals surface area (Å²) in [6, 6.07) is 7.01. The minimum absolute atomic E-state index is 0.394. The van der Waals surface area contributed by atoms with Crippen molar-refractivity contribution >= 4 is 0 Å². The molecule has 0 bridgehead atoms. The fourth-order valence-corrected chi connectivity index (χ4v) is 3.20. The molecule has 2 N–H and O–H groups in total. The van der Waals surface area contributed by atoms with Gasteiger partial charge in [-0.2, -0.15) is 0 Å². The first-order chi connectivity index (χ1) is 9.13. The third kappa shape index (κ3) is 3.37. The van der Waals surface area contributed by atoms with Crippen molar-refractivity contribution in [2.75, 3.05) is 19.6 Å². The molecule has 0 saturated carbocycles. The molecule has 2 atom stereocenters. The second kappa shape index (κ2) is 6.53. The Morgan fingerprint density at radius 3 is 2.79 bits per heavy atom. The lowest BCUT2D eigenvalue weighted by Gasteiger charge is -2.31. The van der Waals surface area contributed by atoms with Gasteiger partial charge in [0.2, 0.25) is 0 Å². The molecular formula is C17H28N2. The van der Waals surface area contributed by atoms with Crippen LogP contribution in [0.4, 0.5) is 0 Å². The Hall–Kier alpha value is -0.860. The third-order valence-electron chi connectivity index (χ3n) is 4.72. The summed E-state index contributed by atoms with van der Waals surface area (Å²) in [7, 11) is 0. The van der Waals surface area contributed by atoms with Crippen molar-refractivity contribution in [1.29, 1.82) is 0 Å². The van der Waals surface area contributed by atoms with Gasteiger partial charge in [0.05, 0.1) is 0 Å². The largest absolute Gasteiger partial charge is 0.329 e. The van der Waals surface area contributed by atoms with Crippen LogP contribution in [0.15, 0.2) is 18.2 Å². The number of nitrogens with zero attached hydrogens (tertiary/aromatic N) is 1. The predicted octanol–water partition coefficient (Wildman–Crippen LogP) is 3.43. The van der Waals surface area contributed by atoms with Gasteiger partial charge in [0.1, 0.15) is 0 Å². The fraction of sp³-hybridized carbons (Fsp3) is 0.647. The summed E-state index contributed by atoms with van der Waals surface area (Å²) < 4.78 is 0. The van der Waals surface area contributed by atoms with Gasteiger partial charge in [0.25, 0.3) is 0 Å². The second-order valence-electron chi connectivity index (χ2n) is 6.11. The lowest BCUT2D eigenvalue weighted by molar-refractivity contribution is 0.207. The summed E-state index contributed by atoms with van der Waals surface area (Å²) in [6.45, 7) is 9.90. The first-order valence-electron chi connectivity index (χ1n) is 7.63. The molecule has 2 nitrogen and oxygen atoms in total. The van der Waals surface area contributed by atoms with Crippen molar-refractivity contribution in [3.63, 3.8) is 0 Å². The van der Waals surface area contributed by atoms with E-state index in [-0.39, 0.29) is 0 Å². The van der Waals surface area contributed by atoms with Gasteiger partial charge in [-0.25, -0.2) is 0 Å². The van der Waals surface area contributed by atoms with Gasteiger partial charge in [0, 0.05) is 12.6 Å². The zero-order valence-electron chi connectivity index (χ0n) is 12.7. The molecule has 19 heavy (non-hydrogen) atoms. The molecule has 0 radical (unpaired) electrons. The SMILES string of the molecule is Cc1cccc(C(CN)N2CCCC(C)CC2)c1C. The van der Waals surface area contributed by atoms with Crippen LogP contribution in [0.3, 0.4) is 0 Å². The first kappa shape index (κ1) is 14.5. The van der Waals surface area contributed by atoms with Crippen LogP contribution >= 0.6 is 0 Å². The van der Waals surface area contributed by atoms with Crippen molar-refractivity contribution in [2.24, 2.45) is 11.7 Å². The van der Waals surface area contributed by atoms with Crippen LogP contribution in [-0.2, 0) is 0 Å². The Morgan fingerprint density at radius 1 is 1.26 bits per heavy atom. The van der Waals surface area contributed by atoms with Gasteiger partial charge in [-0.15, -0.1) is 0 Å². The van der Waals surface area contributed by atoms with E-state index < -0.39 is 0 Å². The maximum absolute atomic E-state index is 6.10. The number of nitrogens with two attached hydrogens (primary N) is 1. The van der Waals surface area contributed by atoms with Crippen LogP contribution in [0.1, 0.15) is 48.9 Å². The highest BCUT2D eigenvalue weighted by Crippen LogP contribution is 2.28. The molecule has 1 aromatic rings. The van der Waals surface area contributed by atoms with E-state index in [1.807, 2.05) is 0 Å². The molecule has 0 spiro atoms. The molecule has 1 aliphatic rings. The number of aryl methyl sites for hydroxylation is 1. The number of benzene rings is 1. The Morgan fingerprint density at radius 2 is 2.05 bits per heavy atom. The van der Waals surface area contributed by atoms with Gasteiger partial charge in [-0.05, 0) is 68.8 Å². The normalized spacial score (nSPS) is 23.1. The summed E-state index contributed by atoms with van der Waals surface area (Å²) in [6.07, 6.45) is 3.98. The molecule has 1 fully saturated rings. The van der Waals surface area contributed by atoms with E-state index in [1.54, 1.807) is 0 Å². The minimum atomic E-state index is 0.394. The van der Waals surface area contributed by atoms with Crippen LogP contribution in [-0.4, -0.2) is 24.5 Å². The molecule has 1 saturated heterocycles. The standard InChI is InChI=1S/C17H28N2/c1-13-6-5-10-19(11-9-13)17(12-18)16-8-4-7-14(2)15(16)3/h4,7-8,13,17H,5-6,9-12,18H2,1-3H3. The molecule has 106 valence electrons. The molecular weight excluding hydrogens is 232 g/mol. The van der Waals surface area contributed by atoms with Crippen LogP contribution in [0, 0.1) is 19.8 Å². The average Bonchev–Trinajstić information content (AvgIpc) is 2.61. The summed E-state index contributed by atoms with van der Waals surface area (Å²) in [5, 5.41) is 0. The number of likely N-dealkylation sites (tertiary alicyclic amines) is 1. The molecule has 1 heterocycles. The maximum atomic E-state index is 6.10. The Bertz CT molecular complexity index is 414. The molecule has 2 rings (SSSR count). The van der Waals surface area contributed by atoms with Crippen molar-refractivity contribution in [3.05, 3.63) is 34.9 Å². The lowest BCUT2D eigenvalue weighted by Crippen LogP contribution is -2.35. The molecule has 2 unspecified atom stereocenters. The van der Waals surface area contributed by atoms with E-state index in [9.17, 15) is 0 Å². The summed E-state index contributed by atoms with van der Waals surface area (Å²) >= 11 is 0. The smallest absolute Gasteiger partial charge is 0.0473 e. The van der Waals surface area contributed by atoms with Gasteiger partial charge in [-0.1, -0.05) is 25.1 Å². The van der Waals surface area contributed by atoms with Crippen LogP contribution in [0.25, 0.3) is 0 Å². The van der Waals surface area contributed by atoms with E-state index in [4.69, 9.17) is 5.73 Å². The van der Waals surface area contributed by atoms with Crippen molar-refractivity contribution < 1.29 is 0 Å². The van der Waals surface area contributed by atoms with Crippen molar-refractivity contribution in [3.8, 4) is 0 Å². The highest BCUT2D eigenvalue weighted by molar-refractivity contribution is 5.35. The molecule has 2 heteroatoms. The number of rotatable bonds is 3. The monoisotopic (exact) mass is 260 g/mol. The zero-order valence-corrected chi connectivity index (χ0v) is 12.7. The third-order valence-corrected chi connectivity index (χ3v) is 4.72. The summed E-state index contributed by atoms with van der Waals surface area (Å²) in [5.74, 6) is 0.863. The zero-order chi connectivity index (χ0) is 13.8. The first-order valence-corrected chi connectivity index (χ1v) is 7.63. The van der Waals surface area contributed by atoms with Crippen LogP contribution in [0.5, 0.6) is 0 Å². The minimum Gasteiger partial charge on any atom is -0.329 e. The quantitative estimate of drug-likeness (QED) is 0.902. The topological polar surface area (TPSA) is 29.3 Å². The molecule has 0 aromatic heterocycles. The van der Waals surface area contributed by atoms with Gasteiger partial charge < -0.3 is 5.73 Å². The van der Waals surface area contributed by atoms with E-state index in [0.717, 1.165) is 12.5 Å². The van der Waals surface area contributed by atoms with Crippen molar-refractivity contribution in [2.45, 2.75) is 46.1 Å². The highest BCUT2D eigenvalue weighted by atomic mass is 15.2. The Labute approximate surface area is 118 Å². The number of hydrogen-bond donors (Lipinski definition) is 1. The molecule has 0 amide bonds. The maximum Gasteiger partial charge on any atom is 0.0473 e. The van der Waals surface area contributed by atoms with E-state index in [0.29, 0.717) is 6.04 Å². The molecule has 1 aromatic carbocycles. The second-order valence-corrected chi connectivity index (χ2v) is 6.11. The molecule has 0 aliphatic carbocycles. The van der Waals surface area contributed by atoms with Gasteiger partial charge >= 0.3 is 0 Å². The van der Waals surface area contributed by atoms with Crippen molar-refractivity contribution in [1.82, 2.24) is 4.90 Å². The summed E-state index contributed by atoms with van der Waals surface area (Å²) in [5.41, 5.74) is 10.3. The highest BCUT2D eigenvalue weighted by Gasteiger charge is 2.23. The average molecular weight is 260 g/mol. The Kier molecular flexibility index (Phi) is 5.00. The van der Waals surface area contributed by atoms with Crippen LogP contribution in [0.2, 0.25) is 0 Å². The summed E-state index contributed by atoms with van der Waals surface area (Å²) in [4.78, 5) is 2.60. The molecule has 1 aliphatic heterocycles.